The number of benzene rings is 1. The van der Waals surface area contributed by atoms with Gasteiger partial charge in [-0.2, -0.15) is 8.78 Å². The Hall–Kier alpha value is -4.16. The topological polar surface area (TPSA) is 162 Å². The van der Waals surface area contributed by atoms with Crippen LogP contribution in [0.15, 0.2) is 41.6 Å². The maximum Gasteiger partial charge on any atom is 0.387 e. The fourth-order valence-corrected chi connectivity index (χ4v) is 4.12. The number of hydrogen-bond acceptors (Lipinski definition) is 6. The Balaban J connectivity index is 2.16. The van der Waals surface area contributed by atoms with Crippen LogP contribution in [-0.4, -0.2) is 69.9 Å². The van der Waals surface area contributed by atoms with Crippen molar-refractivity contribution in [1.29, 1.82) is 0 Å². The second kappa shape index (κ2) is 13.8. The summed E-state index contributed by atoms with van der Waals surface area (Å²) in [5.74, 6) is -12.5. The fourth-order valence-electron chi connectivity index (χ4n) is 4.12. The van der Waals surface area contributed by atoms with Crippen molar-refractivity contribution in [3.05, 3.63) is 47.2 Å². The van der Waals surface area contributed by atoms with Crippen molar-refractivity contribution in [1.82, 2.24) is 20.9 Å². The van der Waals surface area contributed by atoms with Crippen molar-refractivity contribution in [3.63, 3.8) is 0 Å². The van der Waals surface area contributed by atoms with Crippen molar-refractivity contribution in [2.45, 2.75) is 71.5 Å². The molecule has 0 radical (unpaired) electrons. The third kappa shape index (κ3) is 8.17. The van der Waals surface area contributed by atoms with Gasteiger partial charge in [-0.1, -0.05) is 44.2 Å². The monoisotopic (exact) mass is 564 g/mol. The number of nitrogens with zero attached hydrogens (tertiary/aromatic N) is 1. The number of alkyl halides is 2. The summed E-state index contributed by atoms with van der Waals surface area (Å²) < 4.78 is 29.7. The SMILES string of the molecule is CC(C)=C(NC(=O)C1CCCN1C(=O)[C@@H](NC(=O)CC(=O)O)C(C)C)C(=O)C(F)(F)C(=O)NCc1ccccc1. The zero-order chi connectivity index (χ0) is 30.2. The number of allylic oxidation sites excluding steroid dienone is 2. The molecule has 1 saturated heterocycles. The van der Waals surface area contributed by atoms with Gasteiger partial charge in [-0.15, -0.1) is 0 Å². The number of hydrogen-bond donors (Lipinski definition) is 4. The number of Topliss-reactive ketones (excluding diaryl/α,β-unsaturated/α-hetero) is 1. The second-order valence-electron chi connectivity index (χ2n) is 9.99. The van der Waals surface area contributed by atoms with Gasteiger partial charge in [0.05, 0.1) is 5.70 Å². The van der Waals surface area contributed by atoms with Gasteiger partial charge in [-0.05, 0) is 43.7 Å². The van der Waals surface area contributed by atoms with Crippen LogP contribution in [0.5, 0.6) is 0 Å². The van der Waals surface area contributed by atoms with E-state index in [1.54, 1.807) is 44.2 Å². The van der Waals surface area contributed by atoms with Gasteiger partial charge < -0.3 is 26.0 Å². The lowest BCUT2D eigenvalue weighted by atomic mass is 10.0. The predicted molar refractivity (Wildman–Crippen MR) is 139 cm³/mol. The van der Waals surface area contributed by atoms with Gasteiger partial charge in [-0.25, -0.2) is 0 Å². The second-order valence-corrected chi connectivity index (χ2v) is 9.99. The Morgan fingerprint density at radius 3 is 2.25 bits per heavy atom. The van der Waals surface area contributed by atoms with E-state index in [2.05, 4.69) is 10.6 Å². The summed E-state index contributed by atoms with van der Waals surface area (Å²) in [7, 11) is 0. The number of likely N-dealkylation sites (tertiary alicyclic amines) is 1. The van der Waals surface area contributed by atoms with Gasteiger partial charge in [0, 0.05) is 13.1 Å². The lowest BCUT2D eigenvalue weighted by molar-refractivity contribution is -0.156. The fraction of sp³-hybridized carbons (Fsp3) is 0.481. The smallest absolute Gasteiger partial charge is 0.387 e. The molecular formula is C27H34F2N4O7. The predicted octanol–water partition coefficient (Wildman–Crippen LogP) is 1.52. The number of ketones is 1. The van der Waals surface area contributed by atoms with Crippen LogP contribution in [0, 0.1) is 5.92 Å². The molecule has 4 N–H and O–H groups in total. The summed E-state index contributed by atoms with van der Waals surface area (Å²) >= 11 is 0. The number of carboxylic acids is 1. The van der Waals surface area contributed by atoms with Crippen LogP contribution in [0.2, 0.25) is 0 Å². The van der Waals surface area contributed by atoms with Crippen molar-refractivity contribution in [2.75, 3.05) is 6.54 Å². The minimum Gasteiger partial charge on any atom is -0.481 e. The number of carbonyl (C=O) groups is 6. The van der Waals surface area contributed by atoms with Crippen LogP contribution < -0.4 is 16.0 Å². The Bertz CT molecular complexity index is 1180. The number of aliphatic carboxylic acids is 1. The molecule has 1 unspecified atom stereocenters. The van der Waals surface area contributed by atoms with Gasteiger partial charge >= 0.3 is 11.9 Å². The third-order valence-electron chi connectivity index (χ3n) is 6.24. The summed E-state index contributed by atoms with van der Waals surface area (Å²) in [4.78, 5) is 75.4. The molecule has 0 aliphatic carbocycles. The number of amides is 4. The quantitative estimate of drug-likeness (QED) is 0.221. The molecule has 0 aromatic heterocycles. The maximum atomic E-state index is 14.9. The minimum atomic E-state index is -4.49. The number of carboxylic acid groups (broad SMARTS) is 1. The minimum absolute atomic E-state index is 0.0192. The van der Waals surface area contributed by atoms with Crippen LogP contribution in [0.4, 0.5) is 8.78 Å². The summed E-state index contributed by atoms with van der Waals surface area (Å²) in [6.45, 7) is 5.76. The summed E-state index contributed by atoms with van der Waals surface area (Å²) in [5, 5.41) is 15.4. The van der Waals surface area contributed by atoms with E-state index in [1.807, 2.05) is 5.32 Å². The van der Waals surface area contributed by atoms with E-state index in [0.29, 0.717) is 12.0 Å². The number of carbonyl (C=O) groups excluding carboxylic acids is 5. The van der Waals surface area contributed by atoms with Crippen LogP contribution in [-0.2, 0) is 35.3 Å². The Labute approximate surface area is 230 Å². The summed E-state index contributed by atoms with van der Waals surface area (Å²) in [6, 6.07) is 5.97. The molecule has 11 nitrogen and oxygen atoms in total. The first-order valence-corrected chi connectivity index (χ1v) is 12.7. The molecular weight excluding hydrogens is 530 g/mol. The van der Waals surface area contributed by atoms with Crippen molar-refractivity contribution < 1.29 is 42.7 Å². The molecule has 1 fully saturated rings. The van der Waals surface area contributed by atoms with Crippen LogP contribution in [0.1, 0.15) is 52.5 Å². The highest BCUT2D eigenvalue weighted by atomic mass is 19.3. The number of rotatable bonds is 12. The molecule has 1 aromatic rings. The largest absolute Gasteiger partial charge is 0.481 e. The van der Waals surface area contributed by atoms with Gasteiger partial charge in [0.15, 0.2) is 0 Å². The molecule has 0 spiro atoms. The highest BCUT2D eigenvalue weighted by Crippen LogP contribution is 2.24. The lowest BCUT2D eigenvalue weighted by Crippen LogP contribution is -2.56. The summed E-state index contributed by atoms with van der Waals surface area (Å²) in [5.41, 5.74) is -0.204. The van der Waals surface area contributed by atoms with Gasteiger partial charge in [0.1, 0.15) is 18.5 Å². The average molecular weight is 565 g/mol. The van der Waals surface area contributed by atoms with Crippen LogP contribution in [0.25, 0.3) is 0 Å². The van der Waals surface area contributed by atoms with E-state index in [0.717, 1.165) is 0 Å². The van der Waals surface area contributed by atoms with Crippen molar-refractivity contribution >= 4 is 35.4 Å². The lowest BCUT2D eigenvalue weighted by Gasteiger charge is -2.30. The van der Waals surface area contributed by atoms with Crippen molar-refractivity contribution in [3.8, 4) is 0 Å². The average Bonchev–Trinajstić information content (AvgIpc) is 3.38. The normalized spacial score (nSPS) is 15.7. The van der Waals surface area contributed by atoms with E-state index in [1.165, 1.54) is 18.7 Å². The van der Waals surface area contributed by atoms with Gasteiger partial charge in [0.2, 0.25) is 17.7 Å². The van der Waals surface area contributed by atoms with Crippen LogP contribution in [0.3, 0.4) is 0 Å². The molecule has 13 heteroatoms. The maximum absolute atomic E-state index is 14.9. The Kier molecular flexibility index (Phi) is 11.0. The van der Waals surface area contributed by atoms with Crippen molar-refractivity contribution in [2.24, 2.45) is 5.92 Å². The zero-order valence-corrected chi connectivity index (χ0v) is 22.8. The summed E-state index contributed by atoms with van der Waals surface area (Å²) in [6.07, 6.45) is -0.308. The van der Waals surface area contributed by atoms with E-state index < -0.39 is 71.4 Å². The molecule has 0 saturated carbocycles. The molecule has 1 aliphatic rings. The molecule has 2 rings (SSSR count). The first-order chi connectivity index (χ1) is 18.7. The zero-order valence-electron chi connectivity index (χ0n) is 22.8. The van der Waals surface area contributed by atoms with E-state index in [-0.39, 0.29) is 25.1 Å². The molecule has 1 heterocycles. The highest BCUT2D eigenvalue weighted by Gasteiger charge is 2.49. The molecule has 218 valence electrons. The highest BCUT2D eigenvalue weighted by molar-refractivity contribution is 6.16. The van der Waals surface area contributed by atoms with E-state index >= 15 is 0 Å². The van der Waals surface area contributed by atoms with E-state index in [4.69, 9.17) is 5.11 Å². The van der Waals surface area contributed by atoms with Gasteiger partial charge in [0.25, 0.3) is 11.7 Å². The Morgan fingerprint density at radius 1 is 1.07 bits per heavy atom. The molecule has 2 atom stereocenters. The first-order valence-electron chi connectivity index (χ1n) is 12.7. The molecule has 0 bridgehead atoms. The molecule has 1 aromatic carbocycles. The number of halogens is 2. The number of nitrogens with one attached hydrogen (secondary N) is 3. The molecule has 1 aliphatic heterocycles. The standard InChI is InChI=1S/C27H34F2N4O7/c1-15(2)21(23(37)27(28,29)26(40)30-14-17-9-6-5-7-10-17)32-24(38)18-11-8-12-33(18)25(39)22(16(3)4)31-19(34)13-20(35)36/h5-7,9-10,16,18,22H,8,11-14H2,1-4H3,(H,30,40)(H,31,34)(H,32,38)(H,35,36)/t18?,22-/m0/s1. The van der Waals surface area contributed by atoms with Crippen LogP contribution >= 0.6 is 0 Å². The molecule has 4 amide bonds. The third-order valence-corrected chi connectivity index (χ3v) is 6.24. The van der Waals surface area contributed by atoms with Gasteiger partial charge in [-0.3, -0.25) is 28.8 Å². The first kappa shape index (κ1) is 32.1. The van der Waals surface area contributed by atoms with E-state index in [9.17, 15) is 37.5 Å². The Morgan fingerprint density at radius 2 is 1.70 bits per heavy atom. The molecule has 40 heavy (non-hydrogen) atoms.